The standard InChI is InChI=1S/C25H31BrN2O2/c1-18-7-6-8-21(15-18)16-24(29)28(17-20-11-13-22(26)14-12-20)19(2)25(30)27-23-9-4-3-5-10-23/h6-8,11-15,19,23H,3-5,9-10,16-17H2,1-2H3,(H,27,30)/t19-/m1/s1. The van der Waals surface area contributed by atoms with Gasteiger partial charge >= 0.3 is 0 Å². The molecule has 2 amide bonds. The van der Waals surface area contributed by atoms with Gasteiger partial charge in [-0.3, -0.25) is 9.59 Å². The smallest absolute Gasteiger partial charge is 0.242 e. The van der Waals surface area contributed by atoms with Gasteiger partial charge < -0.3 is 10.2 Å². The molecule has 0 spiro atoms. The molecule has 1 saturated carbocycles. The fourth-order valence-corrected chi connectivity index (χ4v) is 4.30. The van der Waals surface area contributed by atoms with E-state index in [-0.39, 0.29) is 17.9 Å². The Morgan fingerprint density at radius 1 is 1.07 bits per heavy atom. The summed E-state index contributed by atoms with van der Waals surface area (Å²) in [5, 5.41) is 3.18. The fourth-order valence-electron chi connectivity index (χ4n) is 4.04. The van der Waals surface area contributed by atoms with E-state index in [9.17, 15) is 9.59 Å². The van der Waals surface area contributed by atoms with Crippen molar-refractivity contribution in [1.82, 2.24) is 10.2 Å². The van der Waals surface area contributed by atoms with Gasteiger partial charge in [0.2, 0.25) is 11.8 Å². The van der Waals surface area contributed by atoms with Crippen molar-refractivity contribution >= 4 is 27.7 Å². The molecule has 0 aromatic heterocycles. The molecule has 0 unspecified atom stereocenters. The molecule has 1 aliphatic rings. The summed E-state index contributed by atoms with van der Waals surface area (Å²) < 4.78 is 0.993. The van der Waals surface area contributed by atoms with Crippen LogP contribution in [0.15, 0.2) is 53.0 Å². The van der Waals surface area contributed by atoms with Crippen molar-refractivity contribution in [1.29, 1.82) is 0 Å². The molecule has 0 bridgehead atoms. The first-order chi connectivity index (χ1) is 14.4. The highest BCUT2D eigenvalue weighted by Gasteiger charge is 2.28. The summed E-state index contributed by atoms with van der Waals surface area (Å²) in [5.41, 5.74) is 3.11. The Labute approximate surface area is 188 Å². The van der Waals surface area contributed by atoms with E-state index in [1.807, 2.05) is 62.4 Å². The predicted octanol–water partition coefficient (Wildman–Crippen LogP) is 5.17. The molecule has 30 heavy (non-hydrogen) atoms. The van der Waals surface area contributed by atoms with Crippen LogP contribution in [-0.4, -0.2) is 28.8 Å². The van der Waals surface area contributed by atoms with E-state index < -0.39 is 6.04 Å². The Kier molecular flexibility index (Phi) is 8.08. The third-order valence-electron chi connectivity index (χ3n) is 5.82. The highest BCUT2D eigenvalue weighted by molar-refractivity contribution is 9.10. The lowest BCUT2D eigenvalue weighted by Crippen LogP contribution is -2.50. The van der Waals surface area contributed by atoms with Crippen LogP contribution in [0.4, 0.5) is 0 Å². The van der Waals surface area contributed by atoms with Gasteiger partial charge in [-0.05, 0) is 49.9 Å². The number of hydrogen-bond acceptors (Lipinski definition) is 2. The molecule has 160 valence electrons. The van der Waals surface area contributed by atoms with Crippen LogP contribution in [0.2, 0.25) is 0 Å². The number of nitrogens with one attached hydrogen (secondary N) is 1. The third kappa shape index (κ3) is 6.43. The Morgan fingerprint density at radius 2 is 1.77 bits per heavy atom. The first kappa shape index (κ1) is 22.5. The van der Waals surface area contributed by atoms with Gasteiger partial charge in [-0.15, -0.1) is 0 Å². The molecule has 1 fully saturated rings. The van der Waals surface area contributed by atoms with E-state index in [4.69, 9.17) is 0 Å². The van der Waals surface area contributed by atoms with Gasteiger partial charge in [0.1, 0.15) is 6.04 Å². The van der Waals surface area contributed by atoms with E-state index >= 15 is 0 Å². The molecule has 2 aromatic carbocycles. The van der Waals surface area contributed by atoms with Gasteiger partial charge in [0.05, 0.1) is 6.42 Å². The zero-order valence-corrected chi connectivity index (χ0v) is 19.5. The van der Waals surface area contributed by atoms with Crippen LogP contribution < -0.4 is 5.32 Å². The van der Waals surface area contributed by atoms with Gasteiger partial charge in [0.15, 0.2) is 0 Å². The molecule has 5 heteroatoms. The highest BCUT2D eigenvalue weighted by Crippen LogP contribution is 2.19. The number of hydrogen-bond donors (Lipinski definition) is 1. The van der Waals surface area contributed by atoms with Crippen LogP contribution in [0.5, 0.6) is 0 Å². The first-order valence-electron chi connectivity index (χ1n) is 10.8. The minimum absolute atomic E-state index is 0.0326. The number of halogens is 1. The van der Waals surface area contributed by atoms with Gasteiger partial charge in [-0.1, -0.05) is 77.2 Å². The van der Waals surface area contributed by atoms with Gasteiger partial charge in [0.25, 0.3) is 0 Å². The summed E-state index contributed by atoms with van der Waals surface area (Å²) in [6.07, 6.45) is 5.92. The lowest BCUT2D eigenvalue weighted by Gasteiger charge is -2.31. The SMILES string of the molecule is Cc1cccc(CC(=O)N(Cc2ccc(Br)cc2)[C@H](C)C(=O)NC2CCCCC2)c1. The van der Waals surface area contributed by atoms with Crippen molar-refractivity contribution in [2.24, 2.45) is 0 Å². The van der Waals surface area contributed by atoms with Crippen molar-refractivity contribution in [2.45, 2.75) is 71.0 Å². The maximum Gasteiger partial charge on any atom is 0.242 e. The Morgan fingerprint density at radius 3 is 2.43 bits per heavy atom. The van der Waals surface area contributed by atoms with Crippen molar-refractivity contribution < 1.29 is 9.59 Å². The summed E-state index contributed by atoms with van der Waals surface area (Å²) in [7, 11) is 0. The van der Waals surface area contributed by atoms with Crippen molar-refractivity contribution in [3.8, 4) is 0 Å². The number of benzene rings is 2. The number of rotatable bonds is 7. The zero-order valence-electron chi connectivity index (χ0n) is 17.9. The molecule has 4 nitrogen and oxygen atoms in total. The second-order valence-corrected chi connectivity index (χ2v) is 9.25. The number of carbonyl (C=O) groups is 2. The van der Waals surface area contributed by atoms with E-state index in [1.54, 1.807) is 4.90 Å². The average Bonchev–Trinajstić information content (AvgIpc) is 2.73. The van der Waals surface area contributed by atoms with Crippen LogP contribution >= 0.6 is 15.9 Å². The number of nitrogens with zero attached hydrogens (tertiary/aromatic N) is 1. The summed E-state index contributed by atoms with van der Waals surface area (Å²) in [6.45, 7) is 4.27. The monoisotopic (exact) mass is 470 g/mol. The normalized spacial score (nSPS) is 15.4. The van der Waals surface area contributed by atoms with Crippen LogP contribution in [-0.2, 0) is 22.6 Å². The van der Waals surface area contributed by atoms with E-state index in [0.29, 0.717) is 13.0 Å². The quantitative estimate of drug-likeness (QED) is 0.606. The maximum atomic E-state index is 13.3. The minimum Gasteiger partial charge on any atom is -0.352 e. The van der Waals surface area contributed by atoms with Crippen molar-refractivity contribution in [3.63, 3.8) is 0 Å². The summed E-state index contributed by atoms with van der Waals surface area (Å²) in [5.74, 6) is -0.0913. The molecule has 0 radical (unpaired) electrons. The lowest BCUT2D eigenvalue weighted by atomic mass is 9.95. The number of aryl methyl sites for hydroxylation is 1. The maximum absolute atomic E-state index is 13.3. The van der Waals surface area contributed by atoms with Crippen molar-refractivity contribution in [2.75, 3.05) is 0 Å². The summed E-state index contributed by atoms with van der Waals surface area (Å²) in [6, 6.07) is 15.6. The Balaban J connectivity index is 1.75. The second-order valence-electron chi connectivity index (χ2n) is 8.33. The van der Waals surface area contributed by atoms with E-state index in [0.717, 1.165) is 46.8 Å². The summed E-state index contributed by atoms with van der Waals surface area (Å²) in [4.78, 5) is 28.0. The van der Waals surface area contributed by atoms with Crippen molar-refractivity contribution in [3.05, 3.63) is 69.7 Å². The van der Waals surface area contributed by atoms with Gasteiger partial charge in [0, 0.05) is 17.1 Å². The predicted molar refractivity (Wildman–Crippen MR) is 124 cm³/mol. The molecule has 0 heterocycles. The van der Waals surface area contributed by atoms with Crippen LogP contribution in [0.3, 0.4) is 0 Å². The Hall–Kier alpha value is -2.14. The fraction of sp³-hybridized carbons (Fsp3) is 0.440. The molecule has 0 saturated heterocycles. The molecular weight excluding hydrogens is 440 g/mol. The lowest BCUT2D eigenvalue weighted by molar-refractivity contribution is -0.140. The minimum atomic E-state index is -0.520. The topological polar surface area (TPSA) is 49.4 Å². The first-order valence-corrected chi connectivity index (χ1v) is 11.6. The van der Waals surface area contributed by atoms with E-state index in [2.05, 4.69) is 21.2 Å². The third-order valence-corrected chi connectivity index (χ3v) is 6.35. The average molecular weight is 471 g/mol. The molecule has 3 rings (SSSR count). The van der Waals surface area contributed by atoms with Gasteiger partial charge in [-0.25, -0.2) is 0 Å². The van der Waals surface area contributed by atoms with E-state index in [1.165, 1.54) is 6.42 Å². The number of amides is 2. The molecular formula is C25H31BrN2O2. The van der Waals surface area contributed by atoms with Gasteiger partial charge in [-0.2, -0.15) is 0 Å². The molecule has 1 N–H and O–H groups in total. The number of carbonyl (C=O) groups excluding carboxylic acids is 2. The summed E-state index contributed by atoms with van der Waals surface area (Å²) >= 11 is 3.45. The molecule has 1 atom stereocenters. The van der Waals surface area contributed by atoms with Crippen LogP contribution in [0.25, 0.3) is 0 Å². The second kappa shape index (κ2) is 10.8. The zero-order chi connectivity index (χ0) is 21.5. The largest absolute Gasteiger partial charge is 0.352 e. The van der Waals surface area contributed by atoms with Crippen LogP contribution in [0, 0.1) is 6.92 Å². The molecule has 2 aromatic rings. The van der Waals surface area contributed by atoms with Crippen LogP contribution in [0.1, 0.15) is 55.7 Å². The Bertz CT molecular complexity index is 860. The highest BCUT2D eigenvalue weighted by atomic mass is 79.9. The molecule has 1 aliphatic carbocycles. The molecule has 0 aliphatic heterocycles.